The summed E-state index contributed by atoms with van der Waals surface area (Å²) in [5.41, 5.74) is 0.437. The largest absolute Gasteiger partial charge is 0.480 e. The minimum Gasteiger partial charge on any atom is -0.480 e. The van der Waals surface area contributed by atoms with E-state index < -0.39 is 22.0 Å². The molecule has 0 heterocycles. The number of carbonyl (C=O) groups is 1. The van der Waals surface area contributed by atoms with Gasteiger partial charge in [-0.15, -0.1) is 0 Å². The maximum Gasteiger partial charge on any atom is 0.326 e. The van der Waals surface area contributed by atoms with E-state index in [1.807, 2.05) is 0 Å². The zero-order valence-electron chi connectivity index (χ0n) is 10.5. The van der Waals surface area contributed by atoms with Gasteiger partial charge < -0.3 is 5.11 Å². The molecule has 1 fully saturated rings. The second-order valence-electron chi connectivity index (χ2n) is 4.88. The van der Waals surface area contributed by atoms with E-state index in [-0.39, 0.29) is 11.7 Å². The van der Waals surface area contributed by atoms with Crippen molar-refractivity contribution in [1.82, 2.24) is 4.72 Å². The number of rotatable bonds is 6. The molecule has 2 N–H and O–H groups in total. The molecule has 0 unspecified atom stereocenters. The summed E-state index contributed by atoms with van der Waals surface area (Å²) in [6.07, 6.45) is 2.87. The topological polar surface area (TPSA) is 83.5 Å². The van der Waals surface area contributed by atoms with Crippen LogP contribution in [0.3, 0.4) is 0 Å². The first-order valence-electron chi connectivity index (χ1n) is 6.26. The molecule has 1 aliphatic rings. The molecule has 0 radical (unpaired) electrons. The molecule has 1 saturated carbocycles. The molecule has 6 heteroatoms. The zero-order valence-corrected chi connectivity index (χ0v) is 11.3. The average molecular weight is 283 g/mol. The minimum absolute atomic E-state index is 0.0175. The van der Waals surface area contributed by atoms with Crippen LogP contribution < -0.4 is 4.72 Å². The fourth-order valence-electron chi connectivity index (χ4n) is 2.10. The maximum atomic E-state index is 11.9. The van der Waals surface area contributed by atoms with E-state index in [0.29, 0.717) is 5.56 Å². The molecular formula is C13H17NO4S. The molecule has 0 bridgehead atoms. The number of carboxylic acid groups (broad SMARTS) is 1. The number of aliphatic carboxylic acids is 1. The molecule has 0 spiro atoms. The summed E-state index contributed by atoms with van der Waals surface area (Å²) in [4.78, 5) is 11.2. The van der Waals surface area contributed by atoms with Gasteiger partial charge in [0.2, 0.25) is 10.0 Å². The lowest BCUT2D eigenvalue weighted by molar-refractivity contribution is -0.139. The Morgan fingerprint density at radius 1 is 1.32 bits per heavy atom. The molecule has 0 aliphatic heterocycles. The van der Waals surface area contributed by atoms with E-state index in [1.54, 1.807) is 30.3 Å². The molecule has 104 valence electrons. The van der Waals surface area contributed by atoms with Gasteiger partial charge in [-0.3, -0.25) is 4.79 Å². The summed E-state index contributed by atoms with van der Waals surface area (Å²) < 4.78 is 26.2. The number of nitrogens with one attached hydrogen (secondary N) is 1. The van der Waals surface area contributed by atoms with Crippen LogP contribution in [0.25, 0.3) is 0 Å². The highest BCUT2D eigenvalue weighted by atomic mass is 32.2. The molecule has 2 rings (SSSR count). The first kappa shape index (κ1) is 14.0. The fourth-order valence-corrected chi connectivity index (χ4v) is 3.75. The van der Waals surface area contributed by atoms with Crippen molar-refractivity contribution in [1.29, 1.82) is 0 Å². The highest BCUT2D eigenvalue weighted by molar-refractivity contribution is 7.89. The molecule has 0 amide bonds. The lowest BCUT2D eigenvalue weighted by atomic mass is 9.87. The van der Waals surface area contributed by atoms with Gasteiger partial charge in [0.15, 0.2) is 0 Å². The summed E-state index contributed by atoms with van der Waals surface area (Å²) in [7, 11) is -3.56. The van der Waals surface area contributed by atoms with Crippen LogP contribution in [-0.2, 0) is 14.8 Å². The third-order valence-corrected chi connectivity index (χ3v) is 4.86. The summed E-state index contributed by atoms with van der Waals surface area (Å²) in [5.74, 6) is -1.00. The van der Waals surface area contributed by atoms with Crippen molar-refractivity contribution in [3.63, 3.8) is 0 Å². The lowest BCUT2D eigenvalue weighted by Crippen LogP contribution is -2.38. The summed E-state index contributed by atoms with van der Waals surface area (Å²) in [6.45, 7) is 0. The fraction of sp³-hybridized carbons (Fsp3) is 0.462. The SMILES string of the molecule is O=C(O)[C@@H](NS(=O)(=O)CC1CCC1)c1ccccc1. The Morgan fingerprint density at radius 3 is 2.42 bits per heavy atom. The Balaban J connectivity index is 2.10. The van der Waals surface area contributed by atoms with Crippen LogP contribution >= 0.6 is 0 Å². The monoisotopic (exact) mass is 283 g/mol. The first-order valence-corrected chi connectivity index (χ1v) is 7.91. The van der Waals surface area contributed by atoms with Crippen molar-refractivity contribution in [2.24, 2.45) is 5.92 Å². The second-order valence-corrected chi connectivity index (χ2v) is 6.68. The Hall–Kier alpha value is -1.40. The van der Waals surface area contributed by atoms with Gasteiger partial charge in [0.25, 0.3) is 0 Å². The Kier molecular flexibility index (Phi) is 4.21. The van der Waals surface area contributed by atoms with Gasteiger partial charge in [-0.1, -0.05) is 36.8 Å². The zero-order chi connectivity index (χ0) is 13.9. The van der Waals surface area contributed by atoms with E-state index in [4.69, 9.17) is 5.11 Å². The number of sulfonamides is 1. The van der Waals surface area contributed by atoms with Crippen LogP contribution in [0.15, 0.2) is 30.3 Å². The third kappa shape index (κ3) is 3.78. The Morgan fingerprint density at radius 2 is 1.95 bits per heavy atom. The van der Waals surface area contributed by atoms with Crippen LogP contribution in [0.5, 0.6) is 0 Å². The molecule has 1 aliphatic carbocycles. The first-order chi connectivity index (χ1) is 8.98. The van der Waals surface area contributed by atoms with Gasteiger partial charge in [0.1, 0.15) is 6.04 Å². The molecule has 0 aromatic heterocycles. The van der Waals surface area contributed by atoms with E-state index in [9.17, 15) is 13.2 Å². The van der Waals surface area contributed by atoms with Crippen LogP contribution in [0.4, 0.5) is 0 Å². The van der Waals surface area contributed by atoms with Crippen molar-refractivity contribution < 1.29 is 18.3 Å². The third-order valence-electron chi connectivity index (χ3n) is 3.36. The van der Waals surface area contributed by atoms with E-state index in [1.165, 1.54) is 0 Å². The van der Waals surface area contributed by atoms with Crippen LogP contribution in [0.2, 0.25) is 0 Å². The number of benzene rings is 1. The van der Waals surface area contributed by atoms with Gasteiger partial charge in [0.05, 0.1) is 5.75 Å². The number of hydrogen-bond donors (Lipinski definition) is 2. The average Bonchev–Trinajstić information content (AvgIpc) is 2.32. The highest BCUT2D eigenvalue weighted by Crippen LogP contribution is 2.28. The van der Waals surface area contributed by atoms with Crippen molar-refractivity contribution in [2.45, 2.75) is 25.3 Å². The number of carboxylic acids is 1. The van der Waals surface area contributed by atoms with Gasteiger partial charge in [-0.25, -0.2) is 8.42 Å². The van der Waals surface area contributed by atoms with Gasteiger partial charge in [0, 0.05) is 0 Å². The van der Waals surface area contributed by atoms with Gasteiger partial charge >= 0.3 is 5.97 Å². The van der Waals surface area contributed by atoms with Crippen LogP contribution in [-0.4, -0.2) is 25.2 Å². The standard InChI is InChI=1S/C13H17NO4S/c15-13(16)12(11-7-2-1-3-8-11)14-19(17,18)9-10-5-4-6-10/h1-3,7-8,10,12,14H,4-6,9H2,(H,15,16)/t12-/m0/s1. The predicted molar refractivity (Wildman–Crippen MR) is 71.1 cm³/mol. The van der Waals surface area contributed by atoms with Gasteiger partial charge in [-0.05, 0) is 24.3 Å². The Labute approximate surface area is 112 Å². The minimum atomic E-state index is -3.56. The number of hydrogen-bond acceptors (Lipinski definition) is 3. The van der Waals surface area contributed by atoms with Gasteiger partial charge in [-0.2, -0.15) is 4.72 Å². The molecule has 1 aromatic rings. The van der Waals surface area contributed by atoms with E-state index in [2.05, 4.69) is 4.72 Å². The Bertz CT molecular complexity index is 537. The summed E-state index contributed by atoms with van der Waals surface area (Å²) in [5, 5.41) is 9.17. The molecule has 1 aromatic carbocycles. The van der Waals surface area contributed by atoms with Crippen LogP contribution in [0, 0.1) is 5.92 Å². The molecule has 5 nitrogen and oxygen atoms in total. The molecule has 1 atom stereocenters. The van der Waals surface area contributed by atoms with Crippen molar-refractivity contribution >= 4 is 16.0 Å². The molecular weight excluding hydrogens is 266 g/mol. The molecule has 19 heavy (non-hydrogen) atoms. The summed E-state index contributed by atoms with van der Waals surface area (Å²) in [6, 6.07) is 7.11. The predicted octanol–water partition coefficient (Wildman–Crippen LogP) is 1.53. The smallest absolute Gasteiger partial charge is 0.326 e. The van der Waals surface area contributed by atoms with Crippen LogP contribution in [0.1, 0.15) is 30.9 Å². The second kappa shape index (κ2) is 5.71. The van der Waals surface area contributed by atoms with E-state index >= 15 is 0 Å². The highest BCUT2D eigenvalue weighted by Gasteiger charge is 2.29. The molecule has 0 saturated heterocycles. The van der Waals surface area contributed by atoms with Crippen molar-refractivity contribution in [2.75, 3.05) is 5.75 Å². The quantitative estimate of drug-likeness (QED) is 0.829. The normalized spacial score (nSPS) is 17.7. The van der Waals surface area contributed by atoms with Crippen molar-refractivity contribution in [3.05, 3.63) is 35.9 Å². The van der Waals surface area contributed by atoms with Crippen molar-refractivity contribution in [3.8, 4) is 0 Å². The van der Waals surface area contributed by atoms with E-state index in [0.717, 1.165) is 19.3 Å². The lowest BCUT2D eigenvalue weighted by Gasteiger charge is -2.25. The maximum absolute atomic E-state index is 11.9. The summed E-state index contributed by atoms with van der Waals surface area (Å²) >= 11 is 0.